The molecule has 0 radical (unpaired) electrons. The van der Waals surface area contributed by atoms with E-state index < -0.39 is 0 Å². The van der Waals surface area contributed by atoms with Gasteiger partial charge in [-0.05, 0) is 44.2 Å². The van der Waals surface area contributed by atoms with Crippen molar-refractivity contribution in [1.82, 2.24) is 34.7 Å². The highest BCUT2D eigenvalue weighted by Crippen LogP contribution is 2.57. The first-order valence-electron chi connectivity index (χ1n) is 13.6. The number of carbonyl (C=O) groups excluding carboxylic acids is 1. The van der Waals surface area contributed by atoms with Crippen LogP contribution in [0, 0.1) is 12.3 Å². The summed E-state index contributed by atoms with van der Waals surface area (Å²) < 4.78 is 7.47. The Kier molecular flexibility index (Phi) is 5.64. The van der Waals surface area contributed by atoms with E-state index in [2.05, 4.69) is 31.8 Å². The highest BCUT2D eigenvalue weighted by Gasteiger charge is 2.57. The lowest BCUT2D eigenvalue weighted by Crippen LogP contribution is -2.45. The molecule has 7 rings (SSSR count). The molecule has 0 spiro atoms. The first-order chi connectivity index (χ1) is 19.9. The predicted molar refractivity (Wildman–Crippen MR) is 156 cm³/mol. The zero-order valence-corrected chi connectivity index (χ0v) is 22.8. The van der Waals surface area contributed by atoms with Crippen molar-refractivity contribution in [3.8, 4) is 23.5 Å². The Morgan fingerprint density at radius 2 is 2.00 bits per heavy atom. The van der Waals surface area contributed by atoms with Crippen molar-refractivity contribution in [2.75, 3.05) is 14.1 Å². The number of carbonyl (C=O) groups is 1. The van der Waals surface area contributed by atoms with E-state index in [9.17, 15) is 4.79 Å². The smallest absolute Gasteiger partial charge is 0.307 e. The molecule has 0 unspecified atom stereocenters. The van der Waals surface area contributed by atoms with Crippen molar-refractivity contribution in [3.05, 3.63) is 66.9 Å². The summed E-state index contributed by atoms with van der Waals surface area (Å²) >= 11 is 0. The molecule has 0 atom stereocenters. The van der Waals surface area contributed by atoms with E-state index in [0.29, 0.717) is 5.82 Å². The number of para-hydroxylation sites is 1. The minimum absolute atomic E-state index is 0.0710. The Balaban J connectivity index is 1.42. The number of terminal acetylenes is 1. The normalized spacial score (nSPS) is 21.6. The largest absolute Gasteiger partial charge is 0.441 e. The van der Waals surface area contributed by atoms with Crippen molar-refractivity contribution in [2.45, 2.75) is 43.2 Å². The van der Waals surface area contributed by atoms with Crippen molar-refractivity contribution >= 4 is 40.0 Å². The number of fused-ring (bicyclic) bond motifs is 4. The monoisotopic (exact) mass is 544 g/mol. The Hall–Kier alpha value is -5.04. The van der Waals surface area contributed by atoms with Gasteiger partial charge in [-0.2, -0.15) is 0 Å². The zero-order chi connectivity index (χ0) is 28.2. The van der Waals surface area contributed by atoms with Crippen LogP contribution in [0.3, 0.4) is 0 Å². The Morgan fingerprint density at radius 1 is 1.17 bits per heavy atom. The summed E-state index contributed by atoms with van der Waals surface area (Å²) in [7, 11) is 3.83. The summed E-state index contributed by atoms with van der Waals surface area (Å²) in [5, 5.41) is 5.04. The molecule has 2 fully saturated rings. The number of nitrogens with zero attached hydrogens (tertiary/aromatic N) is 7. The van der Waals surface area contributed by atoms with E-state index in [1.54, 1.807) is 12.7 Å². The van der Waals surface area contributed by atoms with Crippen molar-refractivity contribution in [3.63, 3.8) is 0 Å². The maximum Gasteiger partial charge on any atom is 0.307 e. The fourth-order valence-electron chi connectivity index (χ4n) is 6.73. The van der Waals surface area contributed by atoms with Gasteiger partial charge in [-0.25, -0.2) is 19.9 Å². The van der Waals surface area contributed by atoms with Gasteiger partial charge in [-0.15, -0.1) is 6.42 Å². The van der Waals surface area contributed by atoms with E-state index >= 15 is 0 Å². The summed E-state index contributed by atoms with van der Waals surface area (Å²) in [6.07, 6.45) is 18.4. The van der Waals surface area contributed by atoms with Crippen LogP contribution in [0.25, 0.3) is 33.1 Å². The van der Waals surface area contributed by atoms with Gasteiger partial charge < -0.3 is 19.2 Å². The Bertz CT molecular complexity index is 1870. The van der Waals surface area contributed by atoms with Crippen LogP contribution in [0.2, 0.25) is 0 Å². The number of rotatable bonds is 6. The number of nitrogens with one attached hydrogen (secondary N) is 1. The molecule has 2 saturated carbocycles. The topological polar surface area (TPSA) is 114 Å². The number of hydrogen-bond donors (Lipinski definition) is 1. The average Bonchev–Trinajstić information content (AvgIpc) is 3.77. The third kappa shape index (κ3) is 3.96. The summed E-state index contributed by atoms with van der Waals surface area (Å²) in [6, 6.07) is 10.1. The van der Waals surface area contributed by atoms with Gasteiger partial charge in [0.25, 0.3) is 5.89 Å². The summed E-state index contributed by atoms with van der Waals surface area (Å²) in [5.74, 6) is 3.33. The second-order valence-electron chi connectivity index (χ2n) is 11.2. The number of aliphatic imine (C=N–C) groups is 1. The molecule has 4 aromatic heterocycles. The molecule has 10 nitrogen and oxygen atoms in total. The van der Waals surface area contributed by atoms with Crippen LogP contribution < -0.4 is 5.32 Å². The molecule has 0 aliphatic heterocycles. The van der Waals surface area contributed by atoms with Gasteiger partial charge in [0, 0.05) is 47.9 Å². The first-order valence-corrected chi connectivity index (χ1v) is 13.6. The van der Waals surface area contributed by atoms with E-state index in [1.807, 2.05) is 49.5 Å². The van der Waals surface area contributed by atoms with E-state index in [-0.39, 0.29) is 22.9 Å². The average molecular weight is 545 g/mol. The lowest BCUT2D eigenvalue weighted by atomic mass is 9.90. The number of oxazole rings is 1. The number of benzene rings is 1. The fraction of sp³-hybridized carbons (Fsp3) is 0.290. The maximum atomic E-state index is 12.9. The number of aromatic nitrogens is 5. The second kappa shape index (κ2) is 9.27. The zero-order valence-electron chi connectivity index (χ0n) is 22.8. The molecule has 10 heteroatoms. The third-order valence-electron chi connectivity index (χ3n) is 8.44. The molecule has 1 amide bonds. The van der Waals surface area contributed by atoms with Gasteiger partial charge >= 0.3 is 5.91 Å². The predicted octanol–water partition coefficient (Wildman–Crippen LogP) is 4.68. The maximum absolute atomic E-state index is 12.9. The van der Waals surface area contributed by atoms with Crippen molar-refractivity contribution < 1.29 is 9.21 Å². The van der Waals surface area contributed by atoms with E-state index in [0.717, 1.165) is 70.9 Å². The number of pyridine rings is 1. The molecule has 2 aliphatic rings. The number of amides is 1. The quantitative estimate of drug-likeness (QED) is 0.188. The lowest BCUT2D eigenvalue weighted by Gasteiger charge is -2.30. The second-order valence-corrected chi connectivity index (χ2v) is 11.2. The molecule has 204 valence electrons. The SMILES string of the molecule is C#Cc1c(-c2cnc3ccccc3c2)c2c(/N=C/N(C)C)ncnc2n1C12CCC(NC(=O)c3ncco3)(CC1)C2. The molecule has 2 bridgehead atoms. The molecular formula is C31H28N8O2. The Morgan fingerprint density at radius 3 is 2.76 bits per heavy atom. The van der Waals surface area contributed by atoms with Crippen LogP contribution in [0.4, 0.5) is 5.82 Å². The molecule has 41 heavy (non-hydrogen) atoms. The van der Waals surface area contributed by atoms with Gasteiger partial charge in [-0.3, -0.25) is 9.78 Å². The highest BCUT2D eigenvalue weighted by atomic mass is 16.3. The van der Waals surface area contributed by atoms with Crippen molar-refractivity contribution in [1.29, 1.82) is 0 Å². The summed E-state index contributed by atoms with van der Waals surface area (Å²) in [6.45, 7) is 0. The first kappa shape index (κ1) is 25.0. The molecular weight excluding hydrogens is 516 g/mol. The molecule has 5 aromatic rings. The minimum atomic E-state index is -0.377. The van der Waals surface area contributed by atoms with E-state index in [4.69, 9.17) is 25.8 Å². The molecule has 1 aromatic carbocycles. The molecule has 1 N–H and O–H groups in total. The van der Waals surface area contributed by atoms with Crippen LogP contribution >= 0.6 is 0 Å². The standard InChI is InChI=1S/C31H28N8O2/c1-4-23-24(21-15-20-7-5-6-8-22(20)33-16-21)25-26(36-19-38(2)3)34-18-35-27(25)39(23)31-11-9-30(17-31,10-12-31)37-28(40)29-32-13-14-41-29/h1,5-8,13-16,18-19H,9-12,17H2,2-3H3,(H,37,40)/b36-19+. The van der Waals surface area contributed by atoms with Crippen molar-refractivity contribution in [2.24, 2.45) is 4.99 Å². The lowest BCUT2D eigenvalue weighted by molar-refractivity contribution is 0.0865. The van der Waals surface area contributed by atoms with Gasteiger partial charge in [0.15, 0.2) is 5.82 Å². The van der Waals surface area contributed by atoms with Crippen LogP contribution in [-0.2, 0) is 5.54 Å². The minimum Gasteiger partial charge on any atom is -0.441 e. The summed E-state index contributed by atoms with van der Waals surface area (Å²) in [5.41, 5.74) is 3.37. The number of hydrogen-bond acceptors (Lipinski definition) is 7. The van der Waals surface area contributed by atoms with Crippen LogP contribution in [0.15, 0.2) is 64.7 Å². The highest BCUT2D eigenvalue weighted by molar-refractivity contribution is 6.05. The van der Waals surface area contributed by atoms with Gasteiger partial charge in [-0.1, -0.05) is 24.1 Å². The van der Waals surface area contributed by atoms with Crippen LogP contribution in [-0.4, -0.2) is 61.3 Å². The van der Waals surface area contributed by atoms with Gasteiger partial charge in [0.2, 0.25) is 0 Å². The van der Waals surface area contributed by atoms with E-state index in [1.165, 1.54) is 12.5 Å². The molecule has 0 saturated heterocycles. The van der Waals surface area contributed by atoms with Crippen LogP contribution in [0.5, 0.6) is 0 Å². The fourth-order valence-corrected chi connectivity index (χ4v) is 6.73. The summed E-state index contributed by atoms with van der Waals surface area (Å²) in [4.78, 5) is 37.6. The van der Waals surface area contributed by atoms with Crippen LogP contribution in [0.1, 0.15) is 48.5 Å². The van der Waals surface area contributed by atoms with Gasteiger partial charge in [0.1, 0.15) is 23.9 Å². The third-order valence-corrected chi connectivity index (χ3v) is 8.44. The molecule has 4 heterocycles. The van der Waals surface area contributed by atoms with Gasteiger partial charge in [0.05, 0.1) is 23.4 Å². The Labute approximate surface area is 236 Å². The molecule has 2 aliphatic carbocycles.